The van der Waals surface area contributed by atoms with Crippen molar-refractivity contribution in [2.75, 3.05) is 20.1 Å². The van der Waals surface area contributed by atoms with Gasteiger partial charge < -0.3 is 5.32 Å². The van der Waals surface area contributed by atoms with Crippen molar-refractivity contribution in [1.29, 1.82) is 0 Å². The smallest absolute Gasteiger partial charge is 0.143 e. The van der Waals surface area contributed by atoms with Crippen LogP contribution >= 0.6 is 23.2 Å². The van der Waals surface area contributed by atoms with Gasteiger partial charge >= 0.3 is 0 Å². The minimum atomic E-state index is -0.461. The predicted molar refractivity (Wildman–Crippen MR) is 73.8 cm³/mol. The predicted octanol–water partition coefficient (Wildman–Crippen LogP) is 3.32. The van der Waals surface area contributed by atoms with E-state index in [9.17, 15) is 4.39 Å². The van der Waals surface area contributed by atoms with E-state index in [1.165, 1.54) is 12.5 Å². The average molecular weight is 291 g/mol. The molecule has 1 unspecified atom stereocenters. The van der Waals surface area contributed by atoms with E-state index in [0.29, 0.717) is 11.1 Å². The maximum Gasteiger partial charge on any atom is 0.143 e. The highest BCUT2D eigenvalue weighted by Gasteiger charge is 2.20. The largest absolute Gasteiger partial charge is 0.316 e. The molecule has 0 aromatic heterocycles. The van der Waals surface area contributed by atoms with Crippen LogP contribution in [0.4, 0.5) is 4.39 Å². The lowest BCUT2D eigenvalue weighted by Crippen LogP contribution is -2.43. The molecule has 1 aromatic rings. The van der Waals surface area contributed by atoms with Crippen LogP contribution in [-0.4, -0.2) is 31.1 Å². The fourth-order valence-corrected chi connectivity index (χ4v) is 2.76. The molecule has 1 heterocycles. The Balaban J connectivity index is 2.07. The molecule has 0 bridgehead atoms. The normalized spacial score (nSPS) is 21.2. The van der Waals surface area contributed by atoms with E-state index < -0.39 is 5.82 Å². The van der Waals surface area contributed by atoms with Crippen LogP contribution in [0, 0.1) is 5.82 Å². The fraction of sp³-hybridized carbons (Fsp3) is 0.538. The first-order valence-electron chi connectivity index (χ1n) is 6.14. The molecule has 2 rings (SSSR count). The van der Waals surface area contributed by atoms with E-state index >= 15 is 0 Å². The highest BCUT2D eigenvalue weighted by Crippen LogP contribution is 2.29. The number of hydrogen-bond acceptors (Lipinski definition) is 2. The Morgan fingerprint density at radius 3 is 2.89 bits per heavy atom. The summed E-state index contributed by atoms with van der Waals surface area (Å²) in [5, 5.41) is 3.65. The Morgan fingerprint density at radius 1 is 1.39 bits per heavy atom. The van der Waals surface area contributed by atoms with E-state index in [-0.39, 0.29) is 5.02 Å². The number of likely N-dealkylation sites (N-methyl/N-ethyl adjacent to an activating group) is 1. The van der Waals surface area contributed by atoms with Gasteiger partial charge in [0.1, 0.15) is 5.82 Å². The van der Waals surface area contributed by atoms with Crippen LogP contribution in [0.5, 0.6) is 0 Å². The molecule has 1 N–H and O–H groups in total. The van der Waals surface area contributed by atoms with Crippen molar-refractivity contribution >= 4 is 23.2 Å². The van der Waals surface area contributed by atoms with Crippen molar-refractivity contribution in [3.8, 4) is 0 Å². The Labute approximate surface area is 117 Å². The Bertz CT molecular complexity index is 426. The van der Waals surface area contributed by atoms with Gasteiger partial charge in [-0.1, -0.05) is 29.3 Å². The molecule has 0 saturated carbocycles. The maximum atomic E-state index is 13.2. The molecule has 0 aliphatic carbocycles. The minimum absolute atomic E-state index is 0.0244. The average Bonchev–Trinajstić information content (AvgIpc) is 2.40. The van der Waals surface area contributed by atoms with E-state index in [1.54, 1.807) is 6.07 Å². The van der Waals surface area contributed by atoms with Crippen LogP contribution in [-0.2, 0) is 6.54 Å². The van der Waals surface area contributed by atoms with Gasteiger partial charge in [-0.2, -0.15) is 0 Å². The number of halogens is 3. The SMILES string of the molecule is CNC1CCCN(Cc2ccc(F)c(Cl)c2Cl)C1. The van der Waals surface area contributed by atoms with E-state index in [2.05, 4.69) is 10.2 Å². The summed E-state index contributed by atoms with van der Waals surface area (Å²) in [6.07, 6.45) is 2.36. The molecule has 0 radical (unpaired) electrons. The molecule has 0 spiro atoms. The number of likely N-dealkylation sites (tertiary alicyclic amines) is 1. The van der Waals surface area contributed by atoms with E-state index in [4.69, 9.17) is 23.2 Å². The zero-order chi connectivity index (χ0) is 13.1. The van der Waals surface area contributed by atoms with Crippen molar-refractivity contribution in [3.63, 3.8) is 0 Å². The molecular formula is C13H17Cl2FN2. The van der Waals surface area contributed by atoms with Crippen molar-refractivity contribution < 1.29 is 4.39 Å². The Morgan fingerprint density at radius 2 is 2.17 bits per heavy atom. The van der Waals surface area contributed by atoms with Crippen molar-refractivity contribution in [2.24, 2.45) is 0 Å². The number of nitrogens with one attached hydrogen (secondary N) is 1. The first-order valence-corrected chi connectivity index (χ1v) is 6.89. The maximum absolute atomic E-state index is 13.2. The summed E-state index contributed by atoms with van der Waals surface area (Å²) >= 11 is 11.9. The number of nitrogens with zero attached hydrogens (tertiary/aromatic N) is 1. The van der Waals surface area contributed by atoms with Gasteiger partial charge in [0.15, 0.2) is 0 Å². The second-order valence-corrected chi connectivity index (χ2v) is 5.45. The van der Waals surface area contributed by atoms with Crippen LogP contribution in [0.3, 0.4) is 0 Å². The second-order valence-electron chi connectivity index (χ2n) is 4.70. The first kappa shape index (κ1) is 14.1. The Hall–Kier alpha value is -0.350. The highest BCUT2D eigenvalue weighted by atomic mass is 35.5. The zero-order valence-corrected chi connectivity index (χ0v) is 11.9. The van der Waals surface area contributed by atoms with Crippen LogP contribution < -0.4 is 5.32 Å². The molecule has 0 amide bonds. The quantitative estimate of drug-likeness (QED) is 0.859. The number of benzene rings is 1. The standard InChI is InChI=1S/C13H17Cl2FN2/c1-17-10-3-2-6-18(8-10)7-9-4-5-11(16)13(15)12(9)14/h4-5,10,17H,2-3,6-8H2,1H3. The number of rotatable bonds is 3. The summed E-state index contributed by atoms with van der Waals surface area (Å²) in [7, 11) is 1.98. The molecule has 100 valence electrons. The van der Waals surface area contributed by atoms with Gasteiger partial charge in [-0.05, 0) is 38.1 Å². The highest BCUT2D eigenvalue weighted by molar-refractivity contribution is 6.42. The monoisotopic (exact) mass is 290 g/mol. The van der Waals surface area contributed by atoms with Crippen LogP contribution in [0.2, 0.25) is 10.0 Å². The summed E-state index contributed by atoms with van der Waals surface area (Å²) in [5.74, 6) is -0.461. The number of piperidine rings is 1. The third-order valence-electron chi connectivity index (χ3n) is 3.42. The van der Waals surface area contributed by atoms with Gasteiger partial charge in [0.25, 0.3) is 0 Å². The lowest BCUT2D eigenvalue weighted by atomic mass is 10.0. The summed E-state index contributed by atoms with van der Waals surface area (Å²) in [6, 6.07) is 3.61. The molecule has 1 aliphatic rings. The zero-order valence-electron chi connectivity index (χ0n) is 10.3. The molecular weight excluding hydrogens is 274 g/mol. The lowest BCUT2D eigenvalue weighted by Gasteiger charge is -2.32. The Kier molecular flexibility index (Phi) is 4.84. The van der Waals surface area contributed by atoms with E-state index in [1.807, 2.05) is 7.05 Å². The van der Waals surface area contributed by atoms with Gasteiger partial charge in [-0.3, -0.25) is 4.90 Å². The minimum Gasteiger partial charge on any atom is -0.316 e. The summed E-state index contributed by atoms with van der Waals surface area (Å²) in [6.45, 7) is 2.75. The topological polar surface area (TPSA) is 15.3 Å². The molecule has 5 heteroatoms. The van der Waals surface area contributed by atoms with Crippen LogP contribution in [0.25, 0.3) is 0 Å². The molecule has 1 aromatic carbocycles. The number of hydrogen-bond donors (Lipinski definition) is 1. The van der Waals surface area contributed by atoms with Gasteiger partial charge in [-0.15, -0.1) is 0 Å². The van der Waals surface area contributed by atoms with Crippen molar-refractivity contribution in [1.82, 2.24) is 10.2 Å². The molecule has 1 atom stereocenters. The summed E-state index contributed by atoms with van der Waals surface area (Å²) in [5.41, 5.74) is 0.889. The first-order chi connectivity index (χ1) is 8.61. The van der Waals surface area contributed by atoms with E-state index in [0.717, 1.165) is 31.6 Å². The van der Waals surface area contributed by atoms with Crippen molar-refractivity contribution in [3.05, 3.63) is 33.6 Å². The third-order valence-corrected chi connectivity index (χ3v) is 4.32. The van der Waals surface area contributed by atoms with Gasteiger partial charge in [-0.25, -0.2) is 4.39 Å². The molecule has 2 nitrogen and oxygen atoms in total. The summed E-state index contributed by atoms with van der Waals surface area (Å²) in [4.78, 5) is 2.32. The van der Waals surface area contributed by atoms with Crippen LogP contribution in [0.1, 0.15) is 18.4 Å². The summed E-state index contributed by atoms with van der Waals surface area (Å²) < 4.78 is 13.2. The molecule has 1 fully saturated rings. The third kappa shape index (κ3) is 3.15. The van der Waals surface area contributed by atoms with Crippen molar-refractivity contribution in [2.45, 2.75) is 25.4 Å². The molecule has 18 heavy (non-hydrogen) atoms. The van der Waals surface area contributed by atoms with Crippen LogP contribution in [0.15, 0.2) is 12.1 Å². The van der Waals surface area contributed by atoms with Gasteiger partial charge in [0, 0.05) is 19.1 Å². The van der Waals surface area contributed by atoms with Gasteiger partial charge in [0.05, 0.1) is 10.0 Å². The van der Waals surface area contributed by atoms with Gasteiger partial charge in [0.2, 0.25) is 0 Å². The lowest BCUT2D eigenvalue weighted by molar-refractivity contribution is 0.188. The second kappa shape index (κ2) is 6.20. The fourth-order valence-electron chi connectivity index (χ4n) is 2.36. The molecule has 1 aliphatic heterocycles. The molecule has 1 saturated heterocycles.